The van der Waals surface area contributed by atoms with Gasteiger partial charge in [0, 0.05) is 18.0 Å². The van der Waals surface area contributed by atoms with Crippen LogP contribution in [0.2, 0.25) is 0 Å². The third kappa shape index (κ3) is 3.59. The van der Waals surface area contributed by atoms with Crippen molar-refractivity contribution in [3.63, 3.8) is 0 Å². The molecule has 0 fully saturated rings. The summed E-state index contributed by atoms with van der Waals surface area (Å²) in [4.78, 5) is 11.1. The molecule has 0 radical (unpaired) electrons. The van der Waals surface area contributed by atoms with Crippen LogP contribution in [0.4, 0.5) is 0 Å². The molecular weight excluding hydrogens is 266 g/mol. The second kappa shape index (κ2) is 6.41. The van der Waals surface area contributed by atoms with Crippen LogP contribution in [0.5, 0.6) is 0 Å². The van der Waals surface area contributed by atoms with Gasteiger partial charge >= 0.3 is 5.97 Å². The van der Waals surface area contributed by atoms with Gasteiger partial charge in [0.2, 0.25) is 0 Å². The standard InChI is InChI=1S/C14H15NO3.ClH/c1-9(15)8-10-6-7-13(18-10)11-4-2-3-5-12(11)14(16)17;/h2-7,9H,8,15H2,1H3,(H,16,17);1H. The van der Waals surface area contributed by atoms with Gasteiger partial charge in [-0.1, -0.05) is 18.2 Å². The topological polar surface area (TPSA) is 76.5 Å². The van der Waals surface area contributed by atoms with E-state index in [1.54, 1.807) is 30.3 Å². The first-order valence-electron chi connectivity index (χ1n) is 5.75. The Morgan fingerprint density at radius 1 is 1.32 bits per heavy atom. The normalized spacial score (nSPS) is 11.7. The molecule has 1 aromatic carbocycles. The van der Waals surface area contributed by atoms with Crippen molar-refractivity contribution in [3.8, 4) is 11.3 Å². The molecule has 4 nitrogen and oxygen atoms in total. The number of carbonyl (C=O) groups is 1. The van der Waals surface area contributed by atoms with Crippen molar-refractivity contribution in [2.75, 3.05) is 0 Å². The lowest BCUT2D eigenvalue weighted by molar-refractivity contribution is 0.0697. The molecule has 0 saturated heterocycles. The van der Waals surface area contributed by atoms with E-state index in [2.05, 4.69) is 0 Å². The summed E-state index contributed by atoms with van der Waals surface area (Å²) < 4.78 is 5.63. The second-order valence-electron chi connectivity index (χ2n) is 4.30. The fourth-order valence-corrected chi connectivity index (χ4v) is 1.83. The molecule has 0 amide bonds. The van der Waals surface area contributed by atoms with Crippen molar-refractivity contribution in [2.45, 2.75) is 19.4 Å². The molecule has 0 aliphatic carbocycles. The largest absolute Gasteiger partial charge is 0.478 e. The van der Waals surface area contributed by atoms with Gasteiger partial charge in [-0.2, -0.15) is 0 Å². The average Bonchev–Trinajstić information content (AvgIpc) is 2.76. The maximum absolute atomic E-state index is 11.1. The van der Waals surface area contributed by atoms with Crippen LogP contribution < -0.4 is 5.73 Å². The molecule has 5 heteroatoms. The highest BCUT2D eigenvalue weighted by Gasteiger charge is 2.14. The lowest BCUT2D eigenvalue weighted by Crippen LogP contribution is -2.17. The Morgan fingerprint density at radius 3 is 2.63 bits per heavy atom. The number of halogens is 1. The zero-order chi connectivity index (χ0) is 13.1. The summed E-state index contributed by atoms with van der Waals surface area (Å²) in [5, 5.41) is 9.12. The van der Waals surface area contributed by atoms with Crippen molar-refractivity contribution >= 4 is 18.4 Å². The summed E-state index contributed by atoms with van der Waals surface area (Å²) in [6.07, 6.45) is 0.634. The fourth-order valence-electron chi connectivity index (χ4n) is 1.83. The third-order valence-electron chi connectivity index (χ3n) is 2.61. The quantitative estimate of drug-likeness (QED) is 0.903. The predicted octanol–water partition coefficient (Wildman–Crippen LogP) is 2.96. The van der Waals surface area contributed by atoms with Gasteiger partial charge in [-0.05, 0) is 25.1 Å². The Kier molecular flexibility index (Phi) is 5.15. The van der Waals surface area contributed by atoms with Gasteiger partial charge in [-0.25, -0.2) is 4.79 Å². The van der Waals surface area contributed by atoms with Gasteiger partial charge in [0.25, 0.3) is 0 Å². The van der Waals surface area contributed by atoms with E-state index in [9.17, 15) is 4.79 Å². The first kappa shape index (κ1) is 15.3. The van der Waals surface area contributed by atoms with Gasteiger partial charge in [0.1, 0.15) is 11.5 Å². The number of hydrogen-bond acceptors (Lipinski definition) is 3. The van der Waals surface area contributed by atoms with E-state index < -0.39 is 5.97 Å². The molecule has 2 aromatic rings. The smallest absolute Gasteiger partial charge is 0.336 e. The van der Waals surface area contributed by atoms with Gasteiger partial charge < -0.3 is 15.3 Å². The van der Waals surface area contributed by atoms with E-state index in [-0.39, 0.29) is 24.0 Å². The maximum atomic E-state index is 11.1. The molecule has 0 aliphatic heterocycles. The highest BCUT2D eigenvalue weighted by atomic mass is 35.5. The number of nitrogens with two attached hydrogens (primary N) is 1. The van der Waals surface area contributed by atoms with Crippen LogP contribution in [0.15, 0.2) is 40.8 Å². The number of hydrogen-bond donors (Lipinski definition) is 2. The van der Waals surface area contributed by atoms with Crippen molar-refractivity contribution < 1.29 is 14.3 Å². The predicted molar refractivity (Wildman–Crippen MR) is 75.7 cm³/mol. The molecule has 0 spiro atoms. The number of furan rings is 1. The summed E-state index contributed by atoms with van der Waals surface area (Å²) in [6.45, 7) is 1.90. The molecule has 0 bridgehead atoms. The molecule has 1 atom stereocenters. The van der Waals surface area contributed by atoms with E-state index in [0.717, 1.165) is 5.76 Å². The molecular formula is C14H16ClNO3. The van der Waals surface area contributed by atoms with Crippen LogP contribution in [0.25, 0.3) is 11.3 Å². The number of aromatic carboxylic acids is 1. The molecule has 102 valence electrons. The van der Waals surface area contributed by atoms with Gasteiger partial charge in [-0.15, -0.1) is 12.4 Å². The zero-order valence-electron chi connectivity index (χ0n) is 10.5. The van der Waals surface area contributed by atoms with Crippen LogP contribution in [-0.2, 0) is 6.42 Å². The molecule has 2 rings (SSSR count). The SMILES string of the molecule is CC(N)Cc1ccc(-c2ccccc2C(=O)O)o1.Cl. The van der Waals surface area contributed by atoms with Gasteiger partial charge in [0.05, 0.1) is 5.56 Å². The monoisotopic (exact) mass is 281 g/mol. The Bertz CT molecular complexity index is 563. The fraction of sp³-hybridized carbons (Fsp3) is 0.214. The van der Waals surface area contributed by atoms with Crippen molar-refractivity contribution in [3.05, 3.63) is 47.7 Å². The number of carboxylic acid groups (broad SMARTS) is 1. The van der Waals surface area contributed by atoms with Crippen molar-refractivity contribution in [1.29, 1.82) is 0 Å². The highest BCUT2D eigenvalue weighted by Crippen LogP contribution is 2.26. The minimum absolute atomic E-state index is 0. The minimum Gasteiger partial charge on any atom is -0.478 e. The van der Waals surface area contributed by atoms with Crippen LogP contribution in [-0.4, -0.2) is 17.1 Å². The zero-order valence-corrected chi connectivity index (χ0v) is 11.3. The summed E-state index contributed by atoms with van der Waals surface area (Å²) in [5.74, 6) is 0.361. The van der Waals surface area contributed by atoms with Crippen LogP contribution >= 0.6 is 12.4 Å². The summed E-state index contributed by atoms with van der Waals surface area (Å²) >= 11 is 0. The lowest BCUT2D eigenvalue weighted by Gasteiger charge is -2.03. The van der Waals surface area contributed by atoms with E-state index in [4.69, 9.17) is 15.3 Å². The lowest BCUT2D eigenvalue weighted by atomic mass is 10.1. The number of rotatable bonds is 4. The van der Waals surface area contributed by atoms with Crippen molar-refractivity contribution in [2.24, 2.45) is 5.73 Å². The number of carboxylic acids is 1. The Morgan fingerprint density at radius 2 is 2.00 bits per heavy atom. The second-order valence-corrected chi connectivity index (χ2v) is 4.30. The highest BCUT2D eigenvalue weighted by molar-refractivity contribution is 5.95. The van der Waals surface area contributed by atoms with E-state index in [1.807, 2.05) is 13.0 Å². The first-order chi connectivity index (χ1) is 8.58. The minimum atomic E-state index is -0.962. The van der Waals surface area contributed by atoms with E-state index in [0.29, 0.717) is 17.7 Å². The number of benzene rings is 1. The van der Waals surface area contributed by atoms with Crippen LogP contribution in [0.3, 0.4) is 0 Å². The van der Waals surface area contributed by atoms with Gasteiger partial charge in [0.15, 0.2) is 0 Å². The molecule has 1 aromatic heterocycles. The third-order valence-corrected chi connectivity index (χ3v) is 2.61. The Labute approximate surface area is 117 Å². The Hall–Kier alpha value is -1.78. The van der Waals surface area contributed by atoms with Crippen molar-refractivity contribution in [1.82, 2.24) is 0 Å². The molecule has 1 heterocycles. The molecule has 19 heavy (non-hydrogen) atoms. The molecule has 0 saturated carbocycles. The first-order valence-corrected chi connectivity index (χ1v) is 5.75. The van der Waals surface area contributed by atoms with Crippen LogP contribution in [0.1, 0.15) is 23.0 Å². The maximum Gasteiger partial charge on any atom is 0.336 e. The summed E-state index contributed by atoms with van der Waals surface area (Å²) in [7, 11) is 0. The molecule has 1 unspecified atom stereocenters. The summed E-state index contributed by atoms with van der Waals surface area (Å²) in [5.41, 5.74) is 6.52. The van der Waals surface area contributed by atoms with Gasteiger partial charge in [-0.3, -0.25) is 0 Å². The summed E-state index contributed by atoms with van der Waals surface area (Å²) in [6, 6.07) is 10.4. The molecule has 0 aliphatic rings. The van der Waals surface area contributed by atoms with Crippen LogP contribution in [0, 0.1) is 0 Å². The van der Waals surface area contributed by atoms with E-state index >= 15 is 0 Å². The average molecular weight is 282 g/mol. The molecule has 3 N–H and O–H groups in total. The van der Waals surface area contributed by atoms with E-state index in [1.165, 1.54) is 0 Å². The Balaban J connectivity index is 0.00000180.